The molecule has 292 valence electrons. The number of hydrogen-bond donors (Lipinski definition) is 0. The quantitative estimate of drug-likeness (QED) is 0.145. The number of rotatable bonds is 12. The summed E-state index contributed by atoms with van der Waals surface area (Å²) in [5, 5.41) is 0. The van der Waals surface area contributed by atoms with Crippen LogP contribution in [-0.2, 0) is 14.2 Å². The van der Waals surface area contributed by atoms with Crippen molar-refractivity contribution in [3.05, 3.63) is 23.7 Å². The van der Waals surface area contributed by atoms with Gasteiger partial charge in [-0.25, -0.2) is 0 Å². The molecular weight excluding hydrogens is 810 g/mol. The van der Waals surface area contributed by atoms with Crippen LogP contribution in [0.15, 0.2) is 23.7 Å². The van der Waals surface area contributed by atoms with Crippen molar-refractivity contribution in [3.63, 3.8) is 0 Å². The zero-order valence-corrected chi connectivity index (χ0v) is 20.6. The Balaban J connectivity index is 7.29. The number of halogens is 30. The first-order valence-corrected chi connectivity index (χ1v) is 9.89. The van der Waals surface area contributed by atoms with Gasteiger partial charge in [0.1, 0.15) is 0 Å². The molecule has 0 heterocycles. The van der Waals surface area contributed by atoms with Crippen LogP contribution in [0.1, 0.15) is 0 Å². The molecule has 0 fully saturated rings. The first-order valence-electron chi connectivity index (χ1n) is 9.89. The molecule has 0 radical (unpaired) electrons. The second-order valence-corrected chi connectivity index (χ2v) is 7.99. The smallest absolute Gasteiger partial charge is 0.400 e. The Morgan fingerprint density at radius 1 is 0.306 bits per heavy atom. The summed E-state index contributed by atoms with van der Waals surface area (Å²) >= 11 is 0. The SMILES string of the molecule is FC(OC(F)=C(F)C(F)(F)C(F)(OC(F)(F)C(F)(F)C(F)(F)F)C(F)(F)F)=C(F)C(F)(F)C(F)(OC(F)(F)C(F)(F)C(F)(F)F)C(F)(F)F. The van der Waals surface area contributed by atoms with Crippen LogP contribution in [0.3, 0.4) is 0 Å². The monoisotopic (exact) mass is 810 g/mol. The van der Waals surface area contributed by atoms with Gasteiger partial charge in [-0.15, -0.1) is 0 Å². The van der Waals surface area contributed by atoms with E-state index in [9.17, 15) is 132 Å². The predicted octanol–water partition coefficient (Wildman–Crippen LogP) is 10.6. The zero-order chi connectivity index (χ0) is 40.4. The molecule has 0 saturated carbocycles. The van der Waals surface area contributed by atoms with E-state index in [0.29, 0.717) is 0 Å². The zero-order valence-electron chi connectivity index (χ0n) is 20.6. The molecule has 0 aromatic heterocycles. The molecular formula is C16F30O3. The van der Waals surface area contributed by atoms with Gasteiger partial charge in [0.15, 0.2) is 0 Å². The Hall–Kier alpha value is -2.90. The minimum atomic E-state index is -8.51. The summed E-state index contributed by atoms with van der Waals surface area (Å²) in [7, 11) is 0. The molecule has 0 rings (SSSR count). The van der Waals surface area contributed by atoms with Gasteiger partial charge in [0.25, 0.3) is 0 Å². The summed E-state index contributed by atoms with van der Waals surface area (Å²) in [6.07, 6.45) is -49.0. The lowest BCUT2D eigenvalue weighted by Crippen LogP contribution is -2.65. The van der Waals surface area contributed by atoms with Crippen LogP contribution in [0.2, 0.25) is 0 Å². The maximum absolute atomic E-state index is 13.9. The van der Waals surface area contributed by atoms with Crippen LogP contribution in [0.5, 0.6) is 0 Å². The molecule has 0 aromatic rings. The van der Waals surface area contributed by atoms with E-state index >= 15 is 0 Å². The van der Waals surface area contributed by atoms with Crippen molar-refractivity contribution in [3.8, 4) is 0 Å². The van der Waals surface area contributed by atoms with Gasteiger partial charge in [0.2, 0.25) is 11.7 Å². The summed E-state index contributed by atoms with van der Waals surface area (Å²) < 4.78 is 393. The molecule has 0 aliphatic rings. The molecule has 0 aliphatic heterocycles. The molecule has 0 saturated heterocycles. The molecule has 0 amide bonds. The lowest BCUT2D eigenvalue weighted by Gasteiger charge is -2.38. The molecule has 0 aliphatic carbocycles. The van der Waals surface area contributed by atoms with E-state index in [1.54, 1.807) is 4.74 Å². The fourth-order valence-corrected chi connectivity index (χ4v) is 2.11. The number of alkyl halides is 26. The number of hydrogen-bond acceptors (Lipinski definition) is 3. The topological polar surface area (TPSA) is 27.7 Å². The van der Waals surface area contributed by atoms with Gasteiger partial charge in [-0.05, 0) is 0 Å². The summed E-state index contributed by atoms with van der Waals surface area (Å²) in [5.74, 6) is -61.3. The highest BCUT2D eigenvalue weighted by Gasteiger charge is 2.85. The standard InChI is InChI=1S/C16F30O3/c17-1(5(21,22)9(29,13(37,38)39)48-15(43,44)7(25,26)11(31,32)33)3(19)47-4(20)2(18)6(23,24)10(30,14(40,41)42)49-16(45,46)8(27,28)12(34,35)36. The van der Waals surface area contributed by atoms with Gasteiger partial charge in [-0.2, -0.15) is 132 Å². The van der Waals surface area contributed by atoms with E-state index in [2.05, 4.69) is 0 Å². The Labute approximate surface area is 243 Å². The van der Waals surface area contributed by atoms with Gasteiger partial charge in [0, 0.05) is 0 Å². The highest BCUT2D eigenvalue weighted by molar-refractivity contribution is 5.18. The van der Waals surface area contributed by atoms with E-state index in [4.69, 9.17) is 0 Å². The second-order valence-electron chi connectivity index (χ2n) is 7.99. The highest BCUT2D eigenvalue weighted by Crippen LogP contribution is 2.59. The molecule has 0 N–H and O–H groups in total. The average Bonchev–Trinajstić information content (AvgIpc) is 2.83. The molecule has 3 nitrogen and oxygen atoms in total. The largest absolute Gasteiger partial charge is 0.462 e. The summed E-state index contributed by atoms with van der Waals surface area (Å²) in [5.41, 5.74) is 0. The van der Waals surface area contributed by atoms with Crippen molar-refractivity contribution < 1.29 is 146 Å². The third kappa shape index (κ3) is 7.58. The maximum Gasteiger partial charge on any atom is 0.462 e. The van der Waals surface area contributed by atoms with Crippen LogP contribution < -0.4 is 0 Å². The lowest BCUT2D eigenvalue weighted by atomic mass is 10.1. The van der Waals surface area contributed by atoms with Crippen LogP contribution in [0.25, 0.3) is 0 Å². The molecule has 0 bridgehead atoms. The van der Waals surface area contributed by atoms with Crippen molar-refractivity contribution in [1.29, 1.82) is 0 Å². The maximum atomic E-state index is 13.9. The molecule has 2 unspecified atom stereocenters. The minimum absolute atomic E-state index is 1.06. The van der Waals surface area contributed by atoms with E-state index in [1.165, 1.54) is 0 Å². The van der Waals surface area contributed by atoms with Gasteiger partial charge < -0.3 is 4.74 Å². The fourth-order valence-electron chi connectivity index (χ4n) is 2.11. The second kappa shape index (κ2) is 12.4. The number of ether oxygens (including phenoxy) is 3. The van der Waals surface area contributed by atoms with Crippen LogP contribution >= 0.6 is 0 Å². The Kier molecular flexibility index (Phi) is 11.7. The minimum Gasteiger partial charge on any atom is -0.400 e. The van der Waals surface area contributed by atoms with Crippen molar-refractivity contribution in [2.75, 3.05) is 0 Å². The Bertz CT molecular complexity index is 1170. The molecule has 0 aromatic carbocycles. The van der Waals surface area contributed by atoms with Gasteiger partial charge in [-0.1, -0.05) is 0 Å². The lowest BCUT2D eigenvalue weighted by molar-refractivity contribution is -0.505. The molecule has 0 spiro atoms. The van der Waals surface area contributed by atoms with Crippen molar-refractivity contribution in [2.45, 2.75) is 72.3 Å². The first kappa shape index (κ1) is 46.1. The van der Waals surface area contributed by atoms with Gasteiger partial charge >= 0.3 is 84.3 Å². The van der Waals surface area contributed by atoms with Crippen LogP contribution in [0, 0.1) is 0 Å². The third-order valence-electron chi connectivity index (χ3n) is 4.59. The summed E-state index contributed by atoms with van der Waals surface area (Å²) in [6.45, 7) is 0. The van der Waals surface area contributed by atoms with Gasteiger partial charge in [0.05, 0.1) is 0 Å². The van der Waals surface area contributed by atoms with E-state index in [0.717, 1.165) is 9.47 Å². The predicted molar refractivity (Wildman–Crippen MR) is 83.3 cm³/mol. The van der Waals surface area contributed by atoms with Gasteiger partial charge in [-0.3, -0.25) is 9.47 Å². The summed E-state index contributed by atoms with van der Waals surface area (Å²) in [4.78, 5) is 0. The fraction of sp³-hybridized carbons (Fsp3) is 0.750. The van der Waals surface area contributed by atoms with E-state index in [-0.39, 0.29) is 0 Å². The van der Waals surface area contributed by atoms with Crippen molar-refractivity contribution in [1.82, 2.24) is 0 Å². The normalized spacial score (nSPS) is 19.1. The first-order chi connectivity index (χ1) is 20.8. The molecule has 49 heavy (non-hydrogen) atoms. The molecule has 2 atom stereocenters. The van der Waals surface area contributed by atoms with Crippen LogP contribution in [-0.4, -0.2) is 72.3 Å². The average molecular weight is 810 g/mol. The van der Waals surface area contributed by atoms with Crippen molar-refractivity contribution >= 4 is 0 Å². The Morgan fingerprint density at radius 2 is 0.510 bits per heavy atom. The highest BCUT2D eigenvalue weighted by atomic mass is 19.4. The van der Waals surface area contributed by atoms with Crippen molar-refractivity contribution in [2.24, 2.45) is 0 Å². The summed E-state index contributed by atoms with van der Waals surface area (Å²) in [6, 6.07) is -10.3. The Morgan fingerprint density at radius 3 is 0.673 bits per heavy atom. The van der Waals surface area contributed by atoms with E-state index < -0.39 is 96.0 Å². The van der Waals surface area contributed by atoms with Crippen LogP contribution in [0.4, 0.5) is 132 Å². The molecule has 33 heteroatoms. The third-order valence-corrected chi connectivity index (χ3v) is 4.59. The van der Waals surface area contributed by atoms with E-state index in [1.807, 2.05) is 0 Å².